The molecule has 0 heterocycles. The van der Waals surface area contributed by atoms with Crippen LogP contribution in [0.15, 0.2) is 28.7 Å². The molecule has 0 bridgehead atoms. The van der Waals surface area contributed by atoms with Crippen molar-refractivity contribution in [2.75, 3.05) is 6.54 Å². The molecule has 3 nitrogen and oxygen atoms in total. The van der Waals surface area contributed by atoms with Gasteiger partial charge < -0.3 is 10.6 Å². The minimum atomic E-state index is 0.135. The molecule has 4 heteroatoms. The van der Waals surface area contributed by atoms with Crippen LogP contribution in [0.4, 0.5) is 0 Å². The lowest BCUT2D eigenvalue weighted by atomic mass is 9.90. The molecule has 1 aromatic carbocycles. The van der Waals surface area contributed by atoms with E-state index in [-0.39, 0.29) is 5.91 Å². The molecule has 1 fully saturated rings. The number of nitrogens with zero attached hydrogens (tertiary/aromatic N) is 1. The Hall–Kier alpha value is -0.870. The van der Waals surface area contributed by atoms with Gasteiger partial charge in [0.2, 0.25) is 0 Å². The summed E-state index contributed by atoms with van der Waals surface area (Å²) in [5.41, 5.74) is 6.70. The Labute approximate surface area is 123 Å². The number of halogens is 1. The van der Waals surface area contributed by atoms with Crippen molar-refractivity contribution in [3.63, 3.8) is 0 Å². The van der Waals surface area contributed by atoms with Crippen LogP contribution in [-0.4, -0.2) is 29.4 Å². The van der Waals surface area contributed by atoms with E-state index in [9.17, 15) is 4.79 Å². The summed E-state index contributed by atoms with van der Waals surface area (Å²) in [5, 5.41) is 0. The van der Waals surface area contributed by atoms with Crippen LogP contribution in [0.5, 0.6) is 0 Å². The second-order valence-electron chi connectivity index (χ2n) is 5.17. The van der Waals surface area contributed by atoms with Crippen molar-refractivity contribution < 1.29 is 4.79 Å². The number of benzene rings is 1. The minimum Gasteiger partial charge on any atom is -0.336 e. The van der Waals surface area contributed by atoms with Crippen molar-refractivity contribution in [3.05, 3.63) is 34.3 Å². The lowest BCUT2D eigenvalue weighted by Gasteiger charge is -2.35. The van der Waals surface area contributed by atoms with Gasteiger partial charge in [0.1, 0.15) is 0 Å². The molecule has 0 spiro atoms. The Bertz CT molecular complexity index is 424. The van der Waals surface area contributed by atoms with E-state index in [0.717, 1.165) is 42.3 Å². The molecule has 0 unspecified atom stereocenters. The summed E-state index contributed by atoms with van der Waals surface area (Å²) >= 11 is 3.39. The number of carbonyl (C=O) groups is 1. The first-order valence-electron chi connectivity index (χ1n) is 6.94. The highest BCUT2D eigenvalue weighted by atomic mass is 79.9. The fourth-order valence-electron chi connectivity index (χ4n) is 2.74. The highest BCUT2D eigenvalue weighted by Gasteiger charge is 2.27. The van der Waals surface area contributed by atoms with Gasteiger partial charge in [0.05, 0.1) is 0 Å². The summed E-state index contributed by atoms with van der Waals surface area (Å²) < 4.78 is 0.996. The number of hydrogen-bond donors (Lipinski definition) is 1. The third-order valence-corrected chi connectivity index (χ3v) is 4.40. The number of amides is 1. The molecular weight excluding hydrogens is 304 g/mol. The zero-order chi connectivity index (χ0) is 13.8. The number of nitrogens with two attached hydrogens (primary N) is 1. The Morgan fingerprint density at radius 1 is 1.26 bits per heavy atom. The second-order valence-corrected chi connectivity index (χ2v) is 6.08. The molecule has 0 atom stereocenters. The fourth-order valence-corrected chi connectivity index (χ4v) is 3.00. The van der Waals surface area contributed by atoms with E-state index in [0.29, 0.717) is 12.1 Å². The van der Waals surface area contributed by atoms with Gasteiger partial charge in [-0.1, -0.05) is 15.9 Å². The van der Waals surface area contributed by atoms with Crippen LogP contribution in [0.25, 0.3) is 0 Å². The number of carbonyl (C=O) groups excluding carboxylic acids is 1. The van der Waals surface area contributed by atoms with E-state index in [1.165, 1.54) is 0 Å². The van der Waals surface area contributed by atoms with Crippen molar-refractivity contribution >= 4 is 21.8 Å². The maximum absolute atomic E-state index is 12.5. The average Bonchev–Trinajstić information content (AvgIpc) is 2.42. The molecule has 1 aliphatic rings. The van der Waals surface area contributed by atoms with Gasteiger partial charge in [0.15, 0.2) is 0 Å². The summed E-state index contributed by atoms with van der Waals surface area (Å²) in [5.74, 6) is 0.135. The predicted molar refractivity (Wildman–Crippen MR) is 81.1 cm³/mol. The molecule has 2 rings (SSSR count). The molecule has 1 aliphatic carbocycles. The first kappa shape index (κ1) is 14.5. The maximum atomic E-state index is 12.5. The lowest BCUT2D eigenvalue weighted by molar-refractivity contribution is 0.0640. The van der Waals surface area contributed by atoms with E-state index >= 15 is 0 Å². The standard InChI is InChI=1S/C15H21BrN2O/c1-2-18(14-9-7-13(17)8-10-14)15(19)11-3-5-12(16)6-4-11/h3-6,13-14H,2,7-10,17H2,1H3. The monoisotopic (exact) mass is 324 g/mol. The fraction of sp³-hybridized carbons (Fsp3) is 0.533. The SMILES string of the molecule is CCN(C(=O)c1ccc(Br)cc1)C1CCC(N)CC1. The summed E-state index contributed by atoms with van der Waals surface area (Å²) in [6.45, 7) is 2.81. The van der Waals surface area contributed by atoms with E-state index in [2.05, 4.69) is 15.9 Å². The van der Waals surface area contributed by atoms with Gasteiger partial charge in [-0.25, -0.2) is 0 Å². The number of hydrogen-bond acceptors (Lipinski definition) is 2. The van der Waals surface area contributed by atoms with Gasteiger partial charge >= 0.3 is 0 Å². The Balaban J connectivity index is 2.08. The Morgan fingerprint density at radius 3 is 2.37 bits per heavy atom. The van der Waals surface area contributed by atoms with Crippen LogP contribution in [-0.2, 0) is 0 Å². The zero-order valence-corrected chi connectivity index (χ0v) is 12.9. The van der Waals surface area contributed by atoms with Gasteiger partial charge in [-0.05, 0) is 56.9 Å². The van der Waals surface area contributed by atoms with Crippen molar-refractivity contribution in [1.29, 1.82) is 0 Å². The molecule has 104 valence electrons. The molecular formula is C15H21BrN2O. The second kappa shape index (κ2) is 6.53. The third kappa shape index (κ3) is 3.57. The van der Waals surface area contributed by atoms with Gasteiger partial charge in [-0.15, -0.1) is 0 Å². The normalized spacial score (nSPS) is 23.1. The molecule has 0 saturated heterocycles. The van der Waals surface area contributed by atoms with Crippen LogP contribution >= 0.6 is 15.9 Å². The first-order chi connectivity index (χ1) is 9.11. The minimum absolute atomic E-state index is 0.135. The zero-order valence-electron chi connectivity index (χ0n) is 11.3. The molecule has 0 radical (unpaired) electrons. The van der Waals surface area contributed by atoms with Crippen LogP contribution in [0.2, 0.25) is 0 Å². The van der Waals surface area contributed by atoms with E-state index in [4.69, 9.17) is 5.73 Å². The van der Waals surface area contributed by atoms with Crippen molar-refractivity contribution in [2.24, 2.45) is 5.73 Å². The molecule has 1 amide bonds. The van der Waals surface area contributed by atoms with Crippen LogP contribution in [0.3, 0.4) is 0 Å². The largest absolute Gasteiger partial charge is 0.336 e. The summed E-state index contributed by atoms with van der Waals surface area (Å²) in [6, 6.07) is 8.25. The van der Waals surface area contributed by atoms with E-state index in [1.54, 1.807) is 0 Å². The summed E-state index contributed by atoms with van der Waals surface area (Å²) in [7, 11) is 0. The van der Waals surface area contributed by atoms with Gasteiger partial charge in [0.25, 0.3) is 5.91 Å². The van der Waals surface area contributed by atoms with Gasteiger partial charge in [0, 0.05) is 28.7 Å². The highest BCUT2D eigenvalue weighted by Crippen LogP contribution is 2.24. The van der Waals surface area contributed by atoms with Gasteiger partial charge in [-0.3, -0.25) is 4.79 Å². The lowest BCUT2D eigenvalue weighted by Crippen LogP contribution is -2.44. The Kier molecular flexibility index (Phi) is 4.99. The molecule has 0 aliphatic heterocycles. The average molecular weight is 325 g/mol. The topological polar surface area (TPSA) is 46.3 Å². The van der Waals surface area contributed by atoms with Crippen molar-refractivity contribution in [1.82, 2.24) is 4.90 Å². The molecule has 1 aromatic rings. The van der Waals surface area contributed by atoms with Crippen molar-refractivity contribution in [2.45, 2.75) is 44.7 Å². The van der Waals surface area contributed by atoms with Crippen LogP contribution in [0.1, 0.15) is 43.0 Å². The van der Waals surface area contributed by atoms with E-state index in [1.807, 2.05) is 36.1 Å². The molecule has 19 heavy (non-hydrogen) atoms. The predicted octanol–water partition coefficient (Wildman–Crippen LogP) is 3.18. The summed E-state index contributed by atoms with van der Waals surface area (Å²) in [6.07, 6.45) is 4.10. The third-order valence-electron chi connectivity index (χ3n) is 3.87. The molecule has 1 saturated carbocycles. The van der Waals surface area contributed by atoms with Crippen LogP contribution < -0.4 is 5.73 Å². The highest BCUT2D eigenvalue weighted by molar-refractivity contribution is 9.10. The first-order valence-corrected chi connectivity index (χ1v) is 7.73. The van der Waals surface area contributed by atoms with Crippen molar-refractivity contribution in [3.8, 4) is 0 Å². The van der Waals surface area contributed by atoms with E-state index < -0.39 is 0 Å². The smallest absolute Gasteiger partial charge is 0.254 e. The van der Waals surface area contributed by atoms with Gasteiger partial charge in [-0.2, -0.15) is 0 Å². The number of rotatable bonds is 3. The molecule has 2 N–H and O–H groups in total. The summed E-state index contributed by atoms with van der Waals surface area (Å²) in [4.78, 5) is 14.5. The molecule has 0 aromatic heterocycles. The Morgan fingerprint density at radius 2 is 1.84 bits per heavy atom. The van der Waals surface area contributed by atoms with Crippen LogP contribution in [0, 0.1) is 0 Å². The maximum Gasteiger partial charge on any atom is 0.254 e. The quantitative estimate of drug-likeness (QED) is 0.928.